The van der Waals surface area contributed by atoms with Crippen molar-refractivity contribution in [3.8, 4) is 0 Å². The second-order valence-corrected chi connectivity index (χ2v) is 4.77. The molecule has 1 aliphatic carbocycles. The third-order valence-electron chi connectivity index (χ3n) is 3.36. The molecule has 0 aromatic carbocycles. The monoisotopic (exact) mass is 197 g/mol. The van der Waals surface area contributed by atoms with Crippen molar-refractivity contribution in [2.75, 3.05) is 13.1 Å². The van der Waals surface area contributed by atoms with E-state index in [4.69, 9.17) is 0 Å². The lowest BCUT2D eigenvalue weighted by Gasteiger charge is -2.09. The van der Waals surface area contributed by atoms with Gasteiger partial charge in [0, 0.05) is 0 Å². The molecular formula is C13H27N. The molecule has 0 heterocycles. The molecule has 0 aliphatic heterocycles. The van der Waals surface area contributed by atoms with Gasteiger partial charge >= 0.3 is 0 Å². The highest BCUT2D eigenvalue weighted by Gasteiger charge is 2.13. The molecule has 1 aliphatic rings. The van der Waals surface area contributed by atoms with Crippen LogP contribution in [-0.4, -0.2) is 13.1 Å². The molecule has 0 atom stereocenters. The number of hydrogen-bond acceptors (Lipinski definition) is 1. The van der Waals surface area contributed by atoms with Gasteiger partial charge in [-0.2, -0.15) is 0 Å². The van der Waals surface area contributed by atoms with Gasteiger partial charge < -0.3 is 5.32 Å². The maximum atomic E-state index is 3.60. The predicted molar refractivity (Wildman–Crippen MR) is 63.6 cm³/mol. The second-order valence-electron chi connectivity index (χ2n) is 4.77. The van der Waals surface area contributed by atoms with E-state index in [1.165, 1.54) is 70.9 Å². The summed E-state index contributed by atoms with van der Waals surface area (Å²) in [5.74, 6) is 1.01. The van der Waals surface area contributed by atoms with Crippen molar-refractivity contribution in [2.45, 2.75) is 64.7 Å². The van der Waals surface area contributed by atoms with Gasteiger partial charge in [-0.1, -0.05) is 45.4 Å². The van der Waals surface area contributed by atoms with Crippen LogP contribution in [0.4, 0.5) is 0 Å². The molecule has 0 spiro atoms. The summed E-state index contributed by atoms with van der Waals surface area (Å²) in [6, 6.07) is 0. The van der Waals surface area contributed by atoms with E-state index < -0.39 is 0 Å². The van der Waals surface area contributed by atoms with Gasteiger partial charge in [0.1, 0.15) is 0 Å². The Hall–Kier alpha value is -0.0400. The van der Waals surface area contributed by atoms with Gasteiger partial charge in [0.25, 0.3) is 0 Å². The summed E-state index contributed by atoms with van der Waals surface area (Å²) in [5, 5.41) is 3.60. The molecule has 0 saturated heterocycles. The molecule has 0 amide bonds. The molecule has 0 aromatic heterocycles. The highest BCUT2D eigenvalue weighted by atomic mass is 14.9. The van der Waals surface area contributed by atoms with Crippen LogP contribution in [0.2, 0.25) is 0 Å². The molecule has 14 heavy (non-hydrogen) atoms. The normalized spacial score (nSPS) is 17.8. The van der Waals surface area contributed by atoms with E-state index in [1.54, 1.807) is 0 Å². The van der Waals surface area contributed by atoms with Gasteiger partial charge in [-0.3, -0.25) is 0 Å². The topological polar surface area (TPSA) is 12.0 Å². The molecule has 1 N–H and O–H groups in total. The average Bonchev–Trinajstić information content (AvgIpc) is 2.69. The van der Waals surface area contributed by atoms with Crippen LogP contribution in [0.15, 0.2) is 0 Å². The maximum absolute atomic E-state index is 3.60. The zero-order chi connectivity index (χ0) is 10.1. The quantitative estimate of drug-likeness (QED) is 0.585. The fraction of sp³-hybridized carbons (Fsp3) is 1.00. The highest BCUT2D eigenvalue weighted by Crippen LogP contribution is 2.23. The van der Waals surface area contributed by atoms with Gasteiger partial charge in [-0.05, 0) is 38.3 Å². The van der Waals surface area contributed by atoms with Crippen molar-refractivity contribution in [1.29, 1.82) is 0 Å². The fourth-order valence-corrected chi connectivity index (χ4v) is 2.37. The van der Waals surface area contributed by atoms with E-state index in [1.807, 2.05) is 0 Å². The Bertz CT molecular complexity index is 116. The molecular weight excluding hydrogens is 170 g/mol. The van der Waals surface area contributed by atoms with Gasteiger partial charge in [0.15, 0.2) is 0 Å². The zero-order valence-electron chi connectivity index (χ0n) is 9.86. The van der Waals surface area contributed by atoms with Gasteiger partial charge in [-0.15, -0.1) is 0 Å². The van der Waals surface area contributed by atoms with Gasteiger partial charge in [0.05, 0.1) is 0 Å². The number of nitrogens with one attached hydrogen (secondary N) is 1. The minimum atomic E-state index is 1.01. The molecule has 0 bridgehead atoms. The Kier molecular flexibility index (Phi) is 7.12. The molecule has 1 fully saturated rings. The number of unbranched alkanes of at least 4 members (excludes halogenated alkanes) is 4. The Morgan fingerprint density at radius 2 is 1.71 bits per heavy atom. The molecule has 0 unspecified atom stereocenters. The van der Waals surface area contributed by atoms with Crippen LogP contribution in [0.25, 0.3) is 0 Å². The summed E-state index contributed by atoms with van der Waals surface area (Å²) in [6.45, 7) is 4.81. The standard InChI is InChI=1S/C13H27N/c1-2-3-4-5-8-11-14-12-13-9-6-7-10-13/h13-14H,2-12H2,1H3. The van der Waals surface area contributed by atoms with E-state index in [-0.39, 0.29) is 0 Å². The zero-order valence-corrected chi connectivity index (χ0v) is 9.86. The summed E-state index contributed by atoms with van der Waals surface area (Å²) >= 11 is 0. The van der Waals surface area contributed by atoms with E-state index in [0.29, 0.717) is 0 Å². The van der Waals surface area contributed by atoms with Crippen LogP contribution in [0.1, 0.15) is 64.7 Å². The molecule has 1 rings (SSSR count). The lowest BCUT2D eigenvalue weighted by molar-refractivity contribution is 0.478. The first-order valence-corrected chi connectivity index (χ1v) is 6.64. The first-order chi connectivity index (χ1) is 6.93. The van der Waals surface area contributed by atoms with Crippen LogP contribution in [0.3, 0.4) is 0 Å². The van der Waals surface area contributed by atoms with Gasteiger partial charge in [0.2, 0.25) is 0 Å². The van der Waals surface area contributed by atoms with E-state index in [0.717, 1.165) is 5.92 Å². The Morgan fingerprint density at radius 1 is 1.00 bits per heavy atom. The van der Waals surface area contributed by atoms with E-state index >= 15 is 0 Å². The molecule has 1 saturated carbocycles. The van der Waals surface area contributed by atoms with Crippen molar-refractivity contribution < 1.29 is 0 Å². The Morgan fingerprint density at radius 3 is 2.43 bits per heavy atom. The highest BCUT2D eigenvalue weighted by molar-refractivity contribution is 4.69. The largest absolute Gasteiger partial charge is 0.316 e. The lowest BCUT2D eigenvalue weighted by Crippen LogP contribution is -2.22. The summed E-state index contributed by atoms with van der Waals surface area (Å²) in [4.78, 5) is 0. The molecule has 1 heteroatoms. The minimum absolute atomic E-state index is 1.01. The lowest BCUT2D eigenvalue weighted by atomic mass is 10.1. The van der Waals surface area contributed by atoms with Crippen molar-refractivity contribution >= 4 is 0 Å². The van der Waals surface area contributed by atoms with Crippen LogP contribution >= 0.6 is 0 Å². The van der Waals surface area contributed by atoms with Crippen LogP contribution < -0.4 is 5.32 Å². The third kappa shape index (κ3) is 5.64. The van der Waals surface area contributed by atoms with Crippen molar-refractivity contribution in [3.63, 3.8) is 0 Å². The maximum Gasteiger partial charge on any atom is -0.00205 e. The molecule has 0 aromatic rings. The van der Waals surface area contributed by atoms with Crippen LogP contribution in [0, 0.1) is 5.92 Å². The van der Waals surface area contributed by atoms with E-state index in [2.05, 4.69) is 12.2 Å². The fourth-order valence-electron chi connectivity index (χ4n) is 2.37. The van der Waals surface area contributed by atoms with Crippen molar-refractivity contribution in [2.24, 2.45) is 5.92 Å². The summed E-state index contributed by atoms with van der Waals surface area (Å²) in [6.07, 6.45) is 12.9. The van der Waals surface area contributed by atoms with Crippen LogP contribution in [0.5, 0.6) is 0 Å². The van der Waals surface area contributed by atoms with Crippen LogP contribution in [-0.2, 0) is 0 Å². The summed E-state index contributed by atoms with van der Waals surface area (Å²) < 4.78 is 0. The summed E-state index contributed by atoms with van der Waals surface area (Å²) in [5.41, 5.74) is 0. The predicted octanol–water partition coefficient (Wildman–Crippen LogP) is 3.74. The van der Waals surface area contributed by atoms with Crippen molar-refractivity contribution in [1.82, 2.24) is 5.32 Å². The minimum Gasteiger partial charge on any atom is -0.316 e. The Labute approximate surface area is 89.7 Å². The first kappa shape index (κ1) is 12.0. The molecule has 1 nitrogen and oxygen atoms in total. The Balaban J connectivity index is 1.75. The first-order valence-electron chi connectivity index (χ1n) is 6.64. The number of hydrogen-bond donors (Lipinski definition) is 1. The van der Waals surface area contributed by atoms with Crippen molar-refractivity contribution in [3.05, 3.63) is 0 Å². The molecule has 0 radical (unpaired) electrons. The SMILES string of the molecule is CCCCCCCNCC1CCCC1. The van der Waals surface area contributed by atoms with E-state index in [9.17, 15) is 0 Å². The number of rotatable bonds is 8. The molecule has 84 valence electrons. The summed E-state index contributed by atoms with van der Waals surface area (Å²) in [7, 11) is 0. The third-order valence-corrected chi connectivity index (χ3v) is 3.36. The second kappa shape index (κ2) is 8.28. The smallest absolute Gasteiger partial charge is 0.00205 e. The van der Waals surface area contributed by atoms with Gasteiger partial charge in [-0.25, -0.2) is 0 Å². The average molecular weight is 197 g/mol.